The number of Topliss-reactive ketones (excluding diaryl/α,β-unsaturated/α-hetero) is 1. The third kappa shape index (κ3) is 3.28. The maximum Gasteiger partial charge on any atom is 0.199 e. The molecule has 0 saturated heterocycles. The van der Waals surface area contributed by atoms with E-state index >= 15 is 0 Å². The minimum atomic E-state index is -0.0347. The molecule has 0 atom stereocenters. The molecule has 0 spiro atoms. The van der Waals surface area contributed by atoms with Gasteiger partial charge in [0.15, 0.2) is 11.5 Å². The first-order valence-electron chi connectivity index (χ1n) is 5.42. The van der Waals surface area contributed by atoms with Crippen molar-refractivity contribution in [3.05, 3.63) is 52.4 Å². The Balaban J connectivity index is 1.85. The van der Waals surface area contributed by atoms with Gasteiger partial charge in [-0.3, -0.25) is 4.79 Å². The number of hydrogen-bond donors (Lipinski definition) is 1. The van der Waals surface area contributed by atoms with Crippen LogP contribution in [0.1, 0.15) is 17.0 Å². The van der Waals surface area contributed by atoms with E-state index in [9.17, 15) is 4.79 Å². The molecule has 0 amide bonds. The minimum absolute atomic E-state index is 0.0347. The molecule has 0 unspecified atom stereocenters. The summed E-state index contributed by atoms with van der Waals surface area (Å²) in [6.07, 6.45) is 1.84. The first-order chi connectivity index (χ1) is 8.66. The van der Waals surface area contributed by atoms with E-state index in [2.05, 4.69) is 5.32 Å². The third-order valence-corrected chi connectivity index (χ3v) is 3.14. The summed E-state index contributed by atoms with van der Waals surface area (Å²) in [6.45, 7) is 0.511. The van der Waals surface area contributed by atoms with Crippen LogP contribution in [0.5, 0.6) is 0 Å². The SMILES string of the molecule is O=C(CCNc1ccc(Cl)c(Cl)c1)c1ccco1. The van der Waals surface area contributed by atoms with Gasteiger partial charge in [-0.15, -0.1) is 0 Å². The summed E-state index contributed by atoms with van der Waals surface area (Å²) >= 11 is 11.7. The van der Waals surface area contributed by atoms with E-state index in [4.69, 9.17) is 27.6 Å². The zero-order valence-corrected chi connectivity index (χ0v) is 11.0. The van der Waals surface area contributed by atoms with Gasteiger partial charge in [0.05, 0.1) is 16.3 Å². The van der Waals surface area contributed by atoms with Gasteiger partial charge < -0.3 is 9.73 Å². The van der Waals surface area contributed by atoms with Crippen molar-refractivity contribution in [2.45, 2.75) is 6.42 Å². The molecule has 0 aliphatic heterocycles. The Hall–Kier alpha value is -1.45. The minimum Gasteiger partial charge on any atom is -0.461 e. The molecule has 18 heavy (non-hydrogen) atoms. The third-order valence-electron chi connectivity index (χ3n) is 2.40. The summed E-state index contributed by atoms with van der Waals surface area (Å²) in [6, 6.07) is 8.59. The molecule has 0 aliphatic rings. The highest BCUT2D eigenvalue weighted by Gasteiger charge is 2.07. The van der Waals surface area contributed by atoms with Crippen molar-refractivity contribution in [3.8, 4) is 0 Å². The first kappa shape index (κ1) is 13.0. The number of ketones is 1. The van der Waals surface area contributed by atoms with Gasteiger partial charge in [-0.25, -0.2) is 0 Å². The second-order valence-corrected chi connectivity index (χ2v) is 4.52. The lowest BCUT2D eigenvalue weighted by molar-refractivity contribution is 0.0960. The number of furan rings is 1. The molecule has 0 saturated carbocycles. The van der Waals surface area contributed by atoms with Crippen molar-refractivity contribution in [3.63, 3.8) is 0 Å². The van der Waals surface area contributed by atoms with Crippen LogP contribution in [-0.2, 0) is 0 Å². The highest BCUT2D eigenvalue weighted by molar-refractivity contribution is 6.42. The van der Waals surface area contributed by atoms with Gasteiger partial charge in [0.2, 0.25) is 0 Å². The molecule has 1 N–H and O–H groups in total. The zero-order chi connectivity index (χ0) is 13.0. The second kappa shape index (κ2) is 5.94. The number of carbonyl (C=O) groups is 1. The van der Waals surface area contributed by atoms with Crippen LogP contribution in [0.25, 0.3) is 0 Å². The number of anilines is 1. The lowest BCUT2D eigenvalue weighted by Crippen LogP contribution is -2.08. The fraction of sp³-hybridized carbons (Fsp3) is 0.154. The summed E-state index contributed by atoms with van der Waals surface area (Å²) in [4.78, 5) is 11.6. The summed E-state index contributed by atoms with van der Waals surface area (Å²) in [7, 11) is 0. The Morgan fingerprint density at radius 2 is 2.06 bits per heavy atom. The average molecular weight is 284 g/mol. The van der Waals surface area contributed by atoms with Gasteiger partial charge in [-0.05, 0) is 30.3 Å². The monoisotopic (exact) mass is 283 g/mol. The average Bonchev–Trinajstić information content (AvgIpc) is 2.87. The highest BCUT2D eigenvalue weighted by Crippen LogP contribution is 2.24. The molecule has 0 bridgehead atoms. The van der Waals surface area contributed by atoms with Crippen LogP contribution >= 0.6 is 23.2 Å². The van der Waals surface area contributed by atoms with Crippen LogP contribution in [0, 0.1) is 0 Å². The Morgan fingerprint density at radius 3 is 2.72 bits per heavy atom. The molecule has 2 aromatic rings. The van der Waals surface area contributed by atoms with Crippen molar-refractivity contribution >= 4 is 34.7 Å². The van der Waals surface area contributed by atoms with E-state index in [1.807, 2.05) is 6.07 Å². The van der Waals surface area contributed by atoms with Gasteiger partial charge in [-0.2, -0.15) is 0 Å². The van der Waals surface area contributed by atoms with E-state index in [0.29, 0.717) is 28.8 Å². The predicted molar refractivity (Wildman–Crippen MR) is 72.6 cm³/mol. The van der Waals surface area contributed by atoms with E-state index in [1.54, 1.807) is 24.3 Å². The van der Waals surface area contributed by atoms with E-state index in [1.165, 1.54) is 6.26 Å². The van der Waals surface area contributed by atoms with Crippen molar-refractivity contribution in [1.82, 2.24) is 0 Å². The van der Waals surface area contributed by atoms with Gasteiger partial charge in [0.25, 0.3) is 0 Å². The van der Waals surface area contributed by atoms with E-state index < -0.39 is 0 Å². The zero-order valence-electron chi connectivity index (χ0n) is 9.45. The van der Waals surface area contributed by atoms with Crippen molar-refractivity contribution in [2.24, 2.45) is 0 Å². The lowest BCUT2D eigenvalue weighted by atomic mass is 10.2. The van der Waals surface area contributed by atoms with E-state index in [-0.39, 0.29) is 5.78 Å². The molecular formula is C13H11Cl2NO2. The van der Waals surface area contributed by atoms with Crippen LogP contribution in [0.15, 0.2) is 41.0 Å². The summed E-state index contributed by atoms with van der Waals surface area (Å²) < 4.78 is 5.02. The second-order valence-electron chi connectivity index (χ2n) is 3.71. The molecule has 3 nitrogen and oxygen atoms in total. The predicted octanol–water partition coefficient (Wildman–Crippen LogP) is 4.27. The number of halogens is 2. The highest BCUT2D eigenvalue weighted by atomic mass is 35.5. The molecule has 0 radical (unpaired) electrons. The topological polar surface area (TPSA) is 42.2 Å². The van der Waals surface area contributed by atoms with Crippen LogP contribution in [0.3, 0.4) is 0 Å². The number of benzene rings is 1. The molecule has 5 heteroatoms. The molecule has 0 aliphatic carbocycles. The lowest BCUT2D eigenvalue weighted by Gasteiger charge is -2.06. The summed E-state index contributed by atoms with van der Waals surface area (Å²) in [5.74, 6) is 0.346. The fourth-order valence-corrected chi connectivity index (χ4v) is 1.78. The Morgan fingerprint density at radius 1 is 1.22 bits per heavy atom. The molecule has 94 valence electrons. The number of carbonyl (C=O) groups excluding carboxylic acids is 1. The Kier molecular flexibility index (Phi) is 4.28. The standard InChI is InChI=1S/C13H11Cl2NO2/c14-10-4-3-9(8-11(10)15)16-6-5-12(17)13-2-1-7-18-13/h1-4,7-8,16H,5-6H2. The molecule has 1 aromatic heterocycles. The summed E-state index contributed by atoms with van der Waals surface area (Å²) in [5, 5.41) is 4.09. The molecule has 1 aromatic carbocycles. The van der Waals surface area contributed by atoms with Crippen LogP contribution in [-0.4, -0.2) is 12.3 Å². The fourth-order valence-electron chi connectivity index (χ4n) is 1.49. The Labute approximate surface area is 115 Å². The van der Waals surface area contributed by atoms with Crippen LogP contribution < -0.4 is 5.32 Å². The molecule has 2 rings (SSSR count). The molecule has 0 fully saturated rings. The smallest absolute Gasteiger partial charge is 0.199 e. The van der Waals surface area contributed by atoms with Gasteiger partial charge in [-0.1, -0.05) is 23.2 Å². The Bertz CT molecular complexity index is 538. The summed E-state index contributed by atoms with van der Waals surface area (Å²) in [5.41, 5.74) is 0.830. The molecular weight excluding hydrogens is 273 g/mol. The van der Waals surface area contributed by atoms with Crippen LogP contribution in [0.4, 0.5) is 5.69 Å². The quantitative estimate of drug-likeness (QED) is 0.833. The van der Waals surface area contributed by atoms with Crippen molar-refractivity contribution in [1.29, 1.82) is 0 Å². The first-order valence-corrected chi connectivity index (χ1v) is 6.18. The number of rotatable bonds is 5. The van der Waals surface area contributed by atoms with Crippen molar-refractivity contribution < 1.29 is 9.21 Å². The molecule has 1 heterocycles. The number of hydrogen-bond acceptors (Lipinski definition) is 3. The van der Waals surface area contributed by atoms with Gasteiger partial charge >= 0.3 is 0 Å². The largest absolute Gasteiger partial charge is 0.461 e. The van der Waals surface area contributed by atoms with Crippen LogP contribution in [0.2, 0.25) is 10.0 Å². The maximum atomic E-state index is 11.6. The van der Waals surface area contributed by atoms with Gasteiger partial charge in [0.1, 0.15) is 0 Å². The maximum absolute atomic E-state index is 11.6. The van der Waals surface area contributed by atoms with Gasteiger partial charge in [0, 0.05) is 18.7 Å². The van der Waals surface area contributed by atoms with Crippen molar-refractivity contribution in [2.75, 3.05) is 11.9 Å². The number of nitrogens with one attached hydrogen (secondary N) is 1. The van der Waals surface area contributed by atoms with E-state index in [0.717, 1.165) is 5.69 Å². The normalized spacial score (nSPS) is 10.3.